The first-order chi connectivity index (χ1) is 10.7. The summed E-state index contributed by atoms with van der Waals surface area (Å²) in [5.74, 6) is -0.841. The van der Waals surface area contributed by atoms with Gasteiger partial charge in [-0.3, -0.25) is 9.59 Å². The fraction of sp³-hybridized carbons (Fsp3) is 0.857. The van der Waals surface area contributed by atoms with Crippen molar-refractivity contribution in [2.24, 2.45) is 0 Å². The van der Waals surface area contributed by atoms with E-state index in [1.807, 2.05) is 7.05 Å². The van der Waals surface area contributed by atoms with Crippen LogP contribution in [0.15, 0.2) is 0 Å². The Morgan fingerprint density at radius 3 is 2.61 bits per heavy atom. The molecule has 1 fully saturated rings. The summed E-state index contributed by atoms with van der Waals surface area (Å²) in [6.07, 6.45) is 1.81. The Balaban J connectivity index is 2.40. The standard InChI is InChI=1S/C14H28N4O4S/c1-11(2)17-13(19)10-16-23(21,22)8-6-14(20)18-7-4-5-12(18)9-15-3/h11-12,15-16H,4-10H2,1-3H3,(H,17,19). The summed E-state index contributed by atoms with van der Waals surface area (Å²) >= 11 is 0. The summed E-state index contributed by atoms with van der Waals surface area (Å²) in [6, 6.07) is 0.0906. The molecule has 23 heavy (non-hydrogen) atoms. The number of carbonyl (C=O) groups excluding carboxylic acids is 2. The second kappa shape index (κ2) is 9.19. The minimum Gasteiger partial charge on any atom is -0.353 e. The average molecular weight is 348 g/mol. The summed E-state index contributed by atoms with van der Waals surface area (Å²) in [5, 5.41) is 5.64. The Morgan fingerprint density at radius 2 is 2.00 bits per heavy atom. The highest BCUT2D eigenvalue weighted by molar-refractivity contribution is 7.89. The first-order valence-corrected chi connectivity index (χ1v) is 9.61. The number of nitrogens with one attached hydrogen (secondary N) is 3. The van der Waals surface area contributed by atoms with E-state index in [-0.39, 0.29) is 42.6 Å². The number of nitrogens with zero attached hydrogens (tertiary/aromatic N) is 1. The maximum atomic E-state index is 12.2. The van der Waals surface area contributed by atoms with Crippen LogP contribution in [0.25, 0.3) is 0 Å². The Kier molecular flexibility index (Phi) is 7.93. The number of likely N-dealkylation sites (N-methyl/N-ethyl adjacent to an activating group) is 1. The second-order valence-corrected chi connectivity index (χ2v) is 7.98. The Morgan fingerprint density at radius 1 is 1.30 bits per heavy atom. The van der Waals surface area contributed by atoms with Gasteiger partial charge in [0.05, 0.1) is 12.3 Å². The van der Waals surface area contributed by atoms with Gasteiger partial charge >= 0.3 is 0 Å². The molecule has 134 valence electrons. The van der Waals surface area contributed by atoms with Gasteiger partial charge in [-0.15, -0.1) is 0 Å². The van der Waals surface area contributed by atoms with Gasteiger partial charge in [0.15, 0.2) is 0 Å². The number of likely N-dealkylation sites (tertiary alicyclic amines) is 1. The zero-order chi connectivity index (χ0) is 17.5. The molecular formula is C14H28N4O4S. The van der Waals surface area contributed by atoms with Crippen molar-refractivity contribution >= 4 is 21.8 Å². The molecule has 1 unspecified atom stereocenters. The van der Waals surface area contributed by atoms with Gasteiger partial charge in [-0.05, 0) is 33.7 Å². The van der Waals surface area contributed by atoms with Gasteiger partial charge in [0, 0.05) is 31.6 Å². The van der Waals surface area contributed by atoms with Crippen LogP contribution in [-0.2, 0) is 19.6 Å². The maximum Gasteiger partial charge on any atom is 0.235 e. The van der Waals surface area contributed by atoms with Crippen LogP contribution in [0.1, 0.15) is 33.1 Å². The van der Waals surface area contributed by atoms with Gasteiger partial charge in [-0.25, -0.2) is 13.1 Å². The lowest BCUT2D eigenvalue weighted by Gasteiger charge is -2.24. The molecule has 1 atom stereocenters. The normalized spacial score (nSPS) is 18.4. The van der Waals surface area contributed by atoms with Crippen molar-refractivity contribution in [1.82, 2.24) is 20.3 Å². The van der Waals surface area contributed by atoms with Crippen LogP contribution in [0, 0.1) is 0 Å². The third-order valence-electron chi connectivity index (χ3n) is 3.62. The van der Waals surface area contributed by atoms with Crippen LogP contribution in [-0.4, -0.2) is 69.7 Å². The Bertz CT molecular complexity index is 507. The van der Waals surface area contributed by atoms with E-state index < -0.39 is 10.0 Å². The lowest BCUT2D eigenvalue weighted by Crippen LogP contribution is -2.43. The van der Waals surface area contributed by atoms with E-state index in [1.165, 1.54) is 0 Å². The molecule has 0 aromatic heterocycles. The van der Waals surface area contributed by atoms with Crippen molar-refractivity contribution in [3.63, 3.8) is 0 Å². The lowest BCUT2D eigenvalue weighted by molar-refractivity contribution is -0.131. The molecule has 0 bridgehead atoms. The molecule has 3 N–H and O–H groups in total. The maximum absolute atomic E-state index is 12.2. The number of sulfonamides is 1. The fourth-order valence-corrected chi connectivity index (χ4v) is 3.54. The molecule has 1 heterocycles. The number of rotatable bonds is 9. The summed E-state index contributed by atoms with van der Waals surface area (Å²) < 4.78 is 26.0. The number of amides is 2. The molecule has 0 aliphatic carbocycles. The Labute approximate surface area is 138 Å². The Hall–Kier alpha value is -1.19. The minimum atomic E-state index is -3.64. The molecule has 2 amide bonds. The number of carbonyl (C=O) groups is 2. The van der Waals surface area contributed by atoms with Gasteiger partial charge in [-0.1, -0.05) is 0 Å². The van der Waals surface area contributed by atoms with Crippen LogP contribution < -0.4 is 15.4 Å². The highest BCUT2D eigenvalue weighted by atomic mass is 32.2. The average Bonchev–Trinajstić information content (AvgIpc) is 2.91. The van der Waals surface area contributed by atoms with Crippen LogP contribution in [0.5, 0.6) is 0 Å². The smallest absolute Gasteiger partial charge is 0.235 e. The van der Waals surface area contributed by atoms with E-state index in [1.54, 1.807) is 18.7 Å². The van der Waals surface area contributed by atoms with Crippen molar-refractivity contribution in [3.8, 4) is 0 Å². The van der Waals surface area contributed by atoms with Crippen LogP contribution in [0.3, 0.4) is 0 Å². The van der Waals surface area contributed by atoms with Gasteiger partial charge in [0.25, 0.3) is 0 Å². The van der Waals surface area contributed by atoms with Crippen molar-refractivity contribution in [1.29, 1.82) is 0 Å². The van der Waals surface area contributed by atoms with Crippen LogP contribution >= 0.6 is 0 Å². The van der Waals surface area contributed by atoms with E-state index in [9.17, 15) is 18.0 Å². The van der Waals surface area contributed by atoms with Crippen molar-refractivity contribution in [3.05, 3.63) is 0 Å². The zero-order valence-electron chi connectivity index (χ0n) is 14.1. The van der Waals surface area contributed by atoms with Crippen LogP contribution in [0.4, 0.5) is 0 Å². The van der Waals surface area contributed by atoms with Gasteiger partial charge in [-0.2, -0.15) is 0 Å². The quantitative estimate of drug-likeness (QED) is 0.497. The molecule has 0 spiro atoms. The van der Waals surface area contributed by atoms with E-state index in [4.69, 9.17) is 0 Å². The first kappa shape index (κ1) is 19.9. The summed E-state index contributed by atoms with van der Waals surface area (Å²) in [6.45, 7) is 4.67. The van der Waals surface area contributed by atoms with Gasteiger partial charge in [0.2, 0.25) is 21.8 Å². The summed E-state index contributed by atoms with van der Waals surface area (Å²) in [7, 11) is -1.81. The number of hydrogen-bond acceptors (Lipinski definition) is 5. The lowest BCUT2D eigenvalue weighted by atomic mass is 10.2. The molecule has 1 aliphatic heterocycles. The molecule has 1 rings (SSSR count). The minimum absolute atomic E-state index is 0.0483. The molecule has 8 nitrogen and oxygen atoms in total. The van der Waals surface area contributed by atoms with Gasteiger partial charge < -0.3 is 15.5 Å². The van der Waals surface area contributed by atoms with E-state index in [2.05, 4.69) is 15.4 Å². The second-order valence-electron chi connectivity index (χ2n) is 6.05. The van der Waals surface area contributed by atoms with Crippen molar-refractivity contribution in [2.45, 2.75) is 45.2 Å². The molecular weight excluding hydrogens is 320 g/mol. The SMILES string of the molecule is CNCC1CCCN1C(=O)CCS(=O)(=O)NCC(=O)NC(C)C. The van der Waals surface area contributed by atoms with E-state index in [0.717, 1.165) is 12.8 Å². The largest absolute Gasteiger partial charge is 0.353 e. The fourth-order valence-electron chi connectivity index (χ4n) is 2.60. The summed E-state index contributed by atoms with van der Waals surface area (Å²) in [4.78, 5) is 25.4. The molecule has 9 heteroatoms. The monoisotopic (exact) mass is 348 g/mol. The van der Waals surface area contributed by atoms with E-state index in [0.29, 0.717) is 13.1 Å². The molecule has 0 saturated carbocycles. The summed E-state index contributed by atoms with van der Waals surface area (Å²) in [5.41, 5.74) is 0. The highest BCUT2D eigenvalue weighted by Crippen LogP contribution is 2.17. The molecule has 0 aromatic carbocycles. The number of hydrogen-bond donors (Lipinski definition) is 3. The molecule has 1 aliphatic rings. The third-order valence-corrected chi connectivity index (χ3v) is 4.95. The van der Waals surface area contributed by atoms with Crippen molar-refractivity contribution in [2.75, 3.05) is 32.4 Å². The predicted octanol–water partition coefficient (Wildman–Crippen LogP) is -0.969. The van der Waals surface area contributed by atoms with E-state index >= 15 is 0 Å². The molecule has 1 saturated heterocycles. The van der Waals surface area contributed by atoms with Crippen LogP contribution in [0.2, 0.25) is 0 Å². The molecule has 0 radical (unpaired) electrons. The first-order valence-electron chi connectivity index (χ1n) is 7.96. The van der Waals surface area contributed by atoms with Gasteiger partial charge in [0.1, 0.15) is 0 Å². The highest BCUT2D eigenvalue weighted by Gasteiger charge is 2.28. The molecule has 0 aromatic rings. The zero-order valence-corrected chi connectivity index (χ0v) is 14.9. The third kappa shape index (κ3) is 7.28. The topological polar surface area (TPSA) is 108 Å². The van der Waals surface area contributed by atoms with Crippen molar-refractivity contribution < 1.29 is 18.0 Å². The predicted molar refractivity (Wildman–Crippen MR) is 88.3 cm³/mol.